The molecule has 6 heteroatoms. The van der Waals surface area contributed by atoms with Crippen molar-refractivity contribution >= 4 is 49.2 Å². The number of aromatic amines is 1. The van der Waals surface area contributed by atoms with Crippen molar-refractivity contribution in [2.45, 2.75) is 31.8 Å². The zero-order valence-electron chi connectivity index (χ0n) is 13.1. The van der Waals surface area contributed by atoms with Gasteiger partial charge in [-0.25, -0.2) is 4.98 Å². The third kappa shape index (κ3) is 3.54. The molecule has 0 fully saturated rings. The summed E-state index contributed by atoms with van der Waals surface area (Å²) in [7, 11) is 0. The first-order valence-corrected chi connectivity index (χ1v) is 9.97. The van der Waals surface area contributed by atoms with Gasteiger partial charge in [-0.05, 0) is 44.0 Å². The van der Waals surface area contributed by atoms with E-state index in [-0.39, 0.29) is 10.8 Å². The highest BCUT2D eigenvalue weighted by atomic mass is 79.9. The molecule has 0 bridgehead atoms. The number of aryl methyl sites for hydroxylation is 2. The summed E-state index contributed by atoms with van der Waals surface area (Å²) in [5.74, 6) is 1.63. The summed E-state index contributed by atoms with van der Waals surface area (Å²) in [6, 6.07) is 8.28. The maximum Gasteiger partial charge on any atom is 0.259 e. The first kappa shape index (κ1) is 16.7. The fraction of sp³-hybridized carbons (Fsp3) is 0.294. The summed E-state index contributed by atoms with van der Waals surface area (Å²) in [5, 5.41) is 0.870. The number of nitrogens with one attached hydrogen (secondary N) is 1. The number of hydrogen-bond donors (Lipinski definition) is 1. The number of nitrogens with zero attached hydrogens (tertiary/aromatic N) is 1. The van der Waals surface area contributed by atoms with E-state index < -0.39 is 0 Å². The maximum atomic E-state index is 12.4. The second-order valence-corrected chi connectivity index (χ2v) is 8.95. The van der Waals surface area contributed by atoms with Crippen molar-refractivity contribution < 1.29 is 0 Å². The van der Waals surface area contributed by atoms with Crippen LogP contribution in [0.2, 0.25) is 0 Å². The number of rotatable bonds is 4. The van der Waals surface area contributed by atoms with E-state index in [0.29, 0.717) is 0 Å². The molecule has 0 saturated heterocycles. The van der Waals surface area contributed by atoms with Crippen LogP contribution in [-0.4, -0.2) is 9.97 Å². The van der Waals surface area contributed by atoms with Crippen molar-refractivity contribution in [3.8, 4) is 0 Å². The van der Waals surface area contributed by atoms with E-state index in [1.54, 1.807) is 23.1 Å². The van der Waals surface area contributed by atoms with Crippen molar-refractivity contribution in [3.05, 3.63) is 60.9 Å². The SMILES string of the molecule is Cc1sc2nc(C(C)SCc3cccc(Br)c3)[nH]c(=O)c2c1C. The molecule has 1 unspecified atom stereocenters. The van der Waals surface area contributed by atoms with Gasteiger partial charge in [0.1, 0.15) is 10.7 Å². The van der Waals surface area contributed by atoms with E-state index in [1.165, 1.54) is 5.56 Å². The number of fused-ring (bicyclic) bond motifs is 1. The Kier molecular flexibility index (Phi) is 4.94. The van der Waals surface area contributed by atoms with Gasteiger partial charge in [0, 0.05) is 15.1 Å². The fourth-order valence-corrected chi connectivity index (χ4v) is 4.77. The van der Waals surface area contributed by atoms with E-state index in [2.05, 4.69) is 45.0 Å². The van der Waals surface area contributed by atoms with Crippen LogP contribution < -0.4 is 5.56 Å². The van der Waals surface area contributed by atoms with Crippen LogP contribution in [0.25, 0.3) is 10.2 Å². The van der Waals surface area contributed by atoms with Crippen LogP contribution in [0.5, 0.6) is 0 Å². The van der Waals surface area contributed by atoms with Gasteiger partial charge in [0.2, 0.25) is 0 Å². The molecule has 23 heavy (non-hydrogen) atoms. The van der Waals surface area contributed by atoms with Crippen molar-refractivity contribution in [2.24, 2.45) is 0 Å². The molecular weight excluding hydrogens is 392 g/mol. The highest BCUT2D eigenvalue weighted by Crippen LogP contribution is 2.32. The topological polar surface area (TPSA) is 45.8 Å². The van der Waals surface area contributed by atoms with E-state index in [4.69, 9.17) is 0 Å². The molecule has 3 rings (SSSR count). The molecule has 0 aliphatic rings. The number of aromatic nitrogens is 2. The average Bonchev–Trinajstić information content (AvgIpc) is 2.80. The number of thioether (sulfide) groups is 1. The molecule has 0 amide bonds. The third-order valence-corrected chi connectivity index (χ3v) is 6.65. The largest absolute Gasteiger partial charge is 0.309 e. The molecule has 1 aromatic carbocycles. The molecule has 2 heterocycles. The van der Waals surface area contributed by atoms with Crippen LogP contribution in [0, 0.1) is 13.8 Å². The van der Waals surface area contributed by atoms with E-state index >= 15 is 0 Å². The van der Waals surface area contributed by atoms with Crippen LogP contribution in [0.15, 0.2) is 33.5 Å². The Balaban J connectivity index is 1.83. The van der Waals surface area contributed by atoms with Gasteiger partial charge >= 0.3 is 0 Å². The summed E-state index contributed by atoms with van der Waals surface area (Å²) in [6.07, 6.45) is 0. The highest BCUT2D eigenvalue weighted by Gasteiger charge is 2.15. The lowest BCUT2D eigenvalue weighted by Gasteiger charge is -2.11. The van der Waals surface area contributed by atoms with Gasteiger partial charge in [-0.3, -0.25) is 4.79 Å². The maximum absolute atomic E-state index is 12.4. The lowest BCUT2D eigenvalue weighted by molar-refractivity contribution is 0.925. The number of halogens is 1. The van der Waals surface area contributed by atoms with Gasteiger partial charge in [-0.15, -0.1) is 23.1 Å². The highest BCUT2D eigenvalue weighted by molar-refractivity contribution is 9.10. The number of benzene rings is 1. The van der Waals surface area contributed by atoms with E-state index in [1.807, 2.05) is 26.0 Å². The third-order valence-electron chi connectivity index (χ3n) is 3.83. The van der Waals surface area contributed by atoms with Gasteiger partial charge in [-0.1, -0.05) is 28.1 Å². The van der Waals surface area contributed by atoms with Crippen molar-refractivity contribution in [1.82, 2.24) is 9.97 Å². The number of thiophene rings is 1. The number of H-pyrrole nitrogens is 1. The molecule has 3 aromatic rings. The summed E-state index contributed by atoms with van der Waals surface area (Å²) in [4.78, 5) is 22.0. The molecule has 2 aromatic heterocycles. The minimum atomic E-state index is -0.0262. The Bertz CT molecular complexity index is 917. The van der Waals surface area contributed by atoms with E-state index in [0.717, 1.165) is 36.7 Å². The average molecular weight is 409 g/mol. The van der Waals surface area contributed by atoms with E-state index in [9.17, 15) is 4.79 Å². The molecule has 120 valence electrons. The molecule has 0 radical (unpaired) electrons. The molecule has 3 nitrogen and oxygen atoms in total. The van der Waals surface area contributed by atoms with Gasteiger partial charge in [-0.2, -0.15) is 0 Å². The molecule has 0 aliphatic carbocycles. The zero-order chi connectivity index (χ0) is 16.6. The molecule has 0 aliphatic heterocycles. The van der Waals surface area contributed by atoms with Crippen molar-refractivity contribution in [2.75, 3.05) is 0 Å². The Morgan fingerprint density at radius 1 is 1.39 bits per heavy atom. The Morgan fingerprint density at radius 3 is 2.91 bits per heavy atom. The second-order valence-electron chi connectivity index (χ2n) is 5.50. The zero-order valence-corrected chi connectivity index (χ0v) is 16.4. The minimum absolute atomic E-state index is 0.0262. The Hall–Kier alpha value is -1.11. The molecule has 1 N–H and O–H groups in total. The minimum Gasteiger partial charge on any atom is -0.309 e. The van der Waals surface area contributed by atoms with Crippen LogP contribution >= 0.6 is 39.0 Å². The molecular formula is C17H17BrN2OS2. The lowest BCUT2D eigenvalue weighted by Crippen LogP contribution is -2.12. The van der Waals surface area contributed by atoms with Crippen LogP contribution in [-0.2, 0) is 5.75 Å². The Morgan fingerprint density at radius 2 is 2.17 bits per heavy atom. The number of hydrogen-bond acceptors (Lipinski definition) is 4. The van der Waals surface area contributed by atoms with Crippen LogP contribution in [0.1, 0.15) is 34.0 Å². The fourth-order valence-electron chi connectivity index (χ4n) is 2.39. The standard InChI is InChI=1S/C17H17BrN2OS2/c1-9-10(2)23-17-14(9)16(21)19-15(20-17)11(3)22-8-12-5-4-6-13(18)7-12/h4-7,11H,8H2,1-3H3,(H,19,20,21). The second kappa shape index (κ2) is 6.79. The summed E-state index contributed by atoms with van der Waals surface area (Å²) in [5.41, 5.74) is 2.27. The monoisotopic (exact) mass is 408 g/mol. The van der Waals surface area contributed by atoms with Gasteiger partial charge < -0.3 is 4.98 Å². The summed E-state index contributed by atoms with van der Waals surface area (Å²) >= 11 is 6.86. The quantitative estimate of drug-likeness (QED) is 0.631. The predicted octanol–water partition coefficient (Wildman–Crippen LogP) is 5.36. The smallest absolute Gasteiger partial charge is 0.259 e. The predicted molar refractivity (Wildman–Crippen MR) is 104 cm³/mol. The van der Waals surface area contributed by atoms with Gasteiger partial charge in [0.15, 0.2) is 0 Å². The van der Waals surface area contributed by atoms with Gasteiger partial charge in [0.05, 0.1) is 10.6 Å². The first-order chi connectivity index (χ1) is 11.0. The summed E-state index contributed by atoms with van der Waals surface area (Å²) < 4.78 is 1.08. The molecule has 0 spiro atoms. The van der Waals surface area contributed by atoms with Crippen LogP contribution in [0.3, 0.4) is 0 Å². The normalized spacial score (nSPS) is 12.7. The first-order valence-electron chi connectivity index (χ1n) is 7.31. The van der Waals surface area contributed by atoms with Crippen molar-refractivity contribution in [3.63, 3.8) is 0 Å². The Labute approximate surface area is 151 Å². The molecule has 0 saturated carbocycles. The lowest BCUT2D eigenvalue weighted by atomic mass is 10.2. The molecule has 1 atom stereocenters. The summed E-state index contributed by atoms with van der Waals surface area (Å²) in [6.45, 7) is 6.10. The van der Waals surface area contributed by atoms with Crippen molar-refractivity contribution in [1.29, 1.82) is 0 Å². The van der Waals surface area contributed by atoms with Gasteiger partial charge in [0.25, 0.3) is 5.56 Å². The van der Waals surface area contributed by atoms with Crippen LogP contribution in [0.4, 0.5) is 0 Å².